The highest BCUT2D eigenvalue weighted by molar-refractivity contribution is 5.73. The lowest BCUT2D eigenvalue weighted by Crippen LogP contribution is -2.09. The molecule has 0 aliphatic heterocycles. The van der Waals surface area contributed by atoms with Crippen molar-refractivity contribution in [2.75, 3.05) is 0 Å². The van der Waals surface area contributed by atoms with E-state index in [1.165, 1.54) is 29.5 Å². The summed E-state index contributed by atoms with van der Waals surface area (Å²) in [7, 11) is 0. The smallest absolute Gasteiger partial charge is 0.0161 e. The first-order chi connectivity index (χ1) is 7.05. The fourth-order valence-corrected chi connectivity index (χ4v) is 2.97. The quantitative estimate of drug-likeness (QED) is 0.593. The van der Waals surface area contributed by atoms with E-state index in [1.807, 2.05) is 0 Å². The maximum atomic E-state index is 2.37. The predicted octanol–water partition coefficient (Wildman–Crippen LogP) is 3.78. The maximum Gasteiger partial charge on any atom is 0.0161 e. The fraction of sp³-hybridized carbons (Fsp3) is 0.400. The van der Waals surface area contributed by atoms with Gasteiger partial charge in [-0.05, 0) is 47.4 Å². The molecule has 0 unspecified atom stereocenters. The van der Waals surface area contributed by atoms with E-state index in [-0.39, 0.29) is 0 Å². The molecule has 0 aromatic heterocycles. The third-order valence-electron chi connectivity index (χ3n) is 3.57. The monoisotopic (exact) mass is 197 g/mol. The van der Waals surface area contributed by atoms with Gasteiger partial charge in [-0.1, -0.05) is 37.6 Å². The molecule has 1 radical (unpaired) electrons. The van der Waals surface area contributed by atoms with E-state index < -0.39 is 0 Å². The number of allylic oxidation sites excluding steroid dienone is 1. The number of rotatable bonds is 0. The third-order valence-corrected chi connectivity index (χ3v) is 3.57. The van der Waals surface area contributed by atoms with Gasteiger partial charge in [0.25, 0.3) is 0 Å². The lowest BCUT2D eigenvalue weighted by molar-refractivity contribution is 0.392. The molecule has 0 bridgehead atoms. The van der Waals surface area contributed by atoms with Crippen molar-refractivity contribution in [3.8, 4) is 0 Å². The number of fused-ring (bicyclic) bond motifs is 3. The van der Waals surface area contributed by atoms with Gasteiger partial charge in [0.1, 0.15) is 0 Å². The highest BCUT2D eigenvalue weighted by atomic mass is 14.4. The van der Waals surface area contributed by atoms with Crippen LogP contribution in [-0.4, -0.2) is 0 Å². The van der Waals surface area contributed by atoms with Gasteiger partial charge in [0.15, 0.2) is 0 Å². The van der Waals surface area contributed by atoms with Crippen molar-refractivity contribution in [1.82, 2.24) is 0 Å². The van der Waals surface area contributed by atoms with E-state index in [9.17, 15) is 0 Å². The molecule has 0 heterocycles. The van der Waals surface area contributed by atoms with Crippen molar-refractivity contribution in [3.05, 3.63) is 46.4 Å². The number of benzene rings is 1. The lowest BCUT2D eigenvalue weighted by Gasteiger charge is -2.15. The lowest BCUT2D eigenvalue weighted by atomic mass is 9.90. The molecule has 1 aromatic rings. The first-order valence-electron chi connectivity index (χ1n) is 5.73. The minimum atomic E-state index is 0.460. The molecule has 0 spiro atoms. The molecule has 0 saturated carbocycles. The molecular weight excluding hydrogens is 180 g/mol. The molecule has 2 aliphatic rings. The minimum Gasteiger partial charge on any atom is -0.0642 e. The van der Waals surface area contributed by atoms with Crippen LogP contribution in [0.15, 0.2) is 17.7 Å². The molecular formula is C15H17. The summed E-state index contributed by atoms with van der Waals surface area (Å²) in [4.78, 5) is 0. The van der Waals surface area contributed by atoms with E-state index in [4.69, 9.17) is 0 Å². The molecule has 0 saturated heterocycles. The Hall–Kier alpha value is -1.04. The van der Waals surface area contributed by atoms with Crippen molar-refractivity contribution in [3.63, 3.8) is 0 Å². The largest absolute Gasteiger partial charge is 0.0642 e. The Balaban J connectivity index is 2.16. The Morgan fingerprint density at radius 1 is 1.13 bits per heavy atom. The zero-order chi connectivity index (χ0) is 10.6. The fourth-order valence-electron chi connectivity index (χ4n) is 2.97. The first kappa shape index (κ1) is 9.21. The van der Waals surface area contributed by atoms with E-state index in [0.717, 1.165) is 0 Å². The van der Waals surface area contributed by atoms with Crippen LogP contribution < -0.4 is 0 Å². The second-order valence-corrected chi connectivity index (χ2v) is 5.76. The van der Waals surface area contributed by atoms with E-state index in [1.54, 1.807) is 11.1 Å². The molecule has 15 heavy (non-hydrogen) atoms. The van der Waals surface area contributed by atoms with Crippen LogP contribution in [0.3, 0.4) is 0 Å². The predicted molar refractivity (Wildman–Crippen MR) is 64.7 cm³/mol. The van der Waals surface area contributed by atoms with Gasteiger partial charge in [0, 0.05) is 6.42 Å². The zero-order valence-electron chi connectivity index (χ0n) is 9.72. The molecule has 0 nitrogen and oxygen atoms in total. The van der Waals surface area contributed by atoms with Gasteiger partial charge in [-0.25, -0.2) is 0 Å². The van der Waals surface area contributed by atoms with Gasteiger partial charge >= 0.3 is 0 Å². The van der Waals surface area contributed by atoms with Crippen molar-refractivity contribution < 1.29 is 0 Å². The van der Waals surface area contributed by atoms with Crippen LogP contribution >= 0.6 is 0 Å². The van der Waals surface area contributed by atoms with E-state index in [0.29, 0.717) is 5.41 Å². The third kappa shape index (κ3) is 1.35. The number of hydrogen-bond acceptors (Lipinski definition) is 0. The van der Waals surface area contributed by atoms with E-state index in [2.05, 4.69) is 45.4 Å². The first-order valence-corrected chi connectivity index (χ1v) is 5.73. The molecule has 0 fully saturated rings. The standard InChI is InChI=1S/C15H17/c1-10-6-11-4-5-12-8-15(2,3)9-14(12)13(11)7-10/h4-7H,8-9H2,1-3H3. The molecule has 77 valence electrons. The van der Waals surface area contributed by atoms with Gasteiger partial charge < -0.3 is 0 Å². The normalized spacial score (nSPS) is 21.1. The van der Waals surface area contributed by atoms with Gasteiger partial charge in [0.2, 0.25) is 0 Å². The van der Waals surface area contributed by atoms with Crippen LogP contribution in [0.2, 0.25) is 0 Å². The minimum absolute atomic E-state index is 0.460. The Kier molecular flexibility index (Phi) is 1.69. The molecule has 3 rings (SSSR count). The highest BCUT2D eigenvalue weighted by Gasteiger charge is 2.31. The Morgan fingerprint density at radius 3 is 2.73 bits per heavy atom. The molecule has 0 N–H and O–H groups in total. The molecule has 2 aliphatic carbocycles. The summed E-state index contributed by atoms with van der Waals surface area (Å²) in [6.45, 7) is 6.93. The number of hydrogen-bond donors (Lipinski definition) is 0. The average molecular weight is 197 g/mol. The Bertz CT molecular complexity index is 461. The molecule has 1 aromatic carbocycles. The summed E-state index contributed by atoms with van der Waals surface area (Å²) in [5, 5.41) is 0. The Morgan fingerprint density at radius 2 is 1.93 bits per heavy atom. The van der Waals surface area contributed by atoms with Gasteiger partial charge in [-0.15, -0.1) is 0 Å². The summed E-state index contributed by atoms with van der Waals surface area (Å²) in [6.07, 6.45) is 7.11. The van der Waals surface area contributed by atoms with Crippen LogP contribution in [0.5, 0.6) is 0 Å². The van der Waals surface area contributed by atoms with E-state index >= 15 is 0 Å². The summed E-state index contributed by atoms with van der Waals surface area (Å²) in [5.41, 5.74) is 7.94. The summed E-state index contributed by atoms with van der Waals surface area (Å²) >= 11 is 0. The van der Waals surface area contributed by atoms with Crippen molar-refractivity contribution in [2.24, 2.45) is 5.41 Å². The molecule has 0 heteroatoms. The van der Waals surface area contributed by atoms with Crippen LogP contribution in [0.4, 0.5) is 0 Å². The SMILES string of the molecule is CC1=Cc2c(ccc3c2CC(C)(C)C3)[CH]1. The van der Waals surface area contributed by atoms with Gasteiger partial charge in [-0.2, -0.15) is 0 Å². The van der Waals surface area contributed by atoms with Crippen LogP contribution in [-0.2, 0) is 12.8 Å². The van der Waals surface area contributed by atoms with Gasteiger partial charge in [-0.3, -0.25) is 0 Å². The Labute approximate surface area is 92.0 Å². The van der Waals surface area contributed by atoms with Crippen molar-refractivity contribution in [2.45, 2.75) is 33.6 Å². The highest BCUT2D eigenvalue weighted by Crippen LogP contribution is 2.41. The van der Waals surface area contributed by atoms with Crippen molar-refractivity contribution in [1.29, 1.82) is 0 Å². The zero-order valence-corrected chi connectivity index (χ0v) is 9.72. The average Bonchev–Trinajstić information content (AvgIpc) is 2.62. The van der Waals surface area contributed by atoms with Crippen LogP contribution in [0.1, 0.15) is 43.0 Å². The summed E-state index contributed by atoms with van der Waals surface area (Å²) in [5.74, 6) is 0. The summed E-state index contributed by atoms with van der Waals surface area (Å²) in [6, 6.07) is 4.61. The second kappa shape index (κ2) is 2.75. The maximum absolute atomic E-state index is 2.37. The van der Waals surface area contributed by atoms with Gasteiger partial charge in [0.05, 0.1) is 0 Å². The van der Waals surface area contributed by atoms with Crippen molar-refractivity contribution >= 4 is 6.08 Å². The topological polar surface area (TPSA) is 0 Å². The van der Waals surface area contributed by atoms with Crippen LogP contribution in [0.25, 0.3) is 6.08 Å². The molecule has 0 amide bonds. The molecule has 0 atom stereocenters. The van der Waals surface area contributed by atoms with Crippen LogP contribution in [0, 0.1) is 11.8 Å². The second-order valence-electron chi connectivity index (χ2n) is 5.76. The summed E-state index contributed by atoms with van der Waals surface area (Å²) < 4.78 is 0.